The van der Waals surface area contributed by atoms with Gasteiger partial charge in [0.1, 0.15) is 5.60 Å². The first-order chi connectivity index (χ1) is 9.77. The van der Waals surface area contributed by atoms with E-state index in [4.69, 9.17) is 4.74 Å². The third-order valence-electron chi connectivity index (χ3n) is 7.07. The van der Waals surface area contributed by atoms with Gasteiger partial charge in [-0.1, -0.05) is 25.5 Å². The van der Waals surface area contributed by atoms with Gasteiger partial charge in [-0.05, 0) is 71.1 Å². The van der Waals surface area contributed by atoms with Crippen LogP contribution in [0.3, 0.4) is 0 Å². The molecule has 5 aliphatic carbocycles. The summed E-state index contributed by atoms with van der Waals surface area (Å²) >= 11 is 0. The highest BCUT2D eigenvalue weighted by Crippen LogP contribution is 2.66. The fraction of sp³-hybridized carbons (Fsp3) is 0.842. The second-order valence-corrected chi connectivity index (χ2v) is 8.44. The van der Waals surface area contributed by atoms with Gasteiger partial charge in [0, 0.05) is 5.41 Å². The van der Waals surface area contributed by atoms with Gasteiger partial charge in [-0.15, -0.1) is 0 Å². The minimum absolute atomic E-state index is 0.0160. The summed E-state index contributed by atoms with van der Waals surface area (Å²) < 4.78 is 6.20. The predicted octanol–water partition coefficient (Wildman–Crippen LogP) is 4.88. The minimum atomic E-state index is -0.375. The van der Waals surface area contributed by atoms with Gasteiger partial charge in [-0.25, -0.2) is 0 Å². The molecule has 3 unspecified atom stereocenters. The molecule has 0 heterocycles. The summed E-state index contributed by atoms with van der Waals surface area (Å²) in [6.45, 7) is 10.4. The quantitative estimate of drug-likeness (QED) is 0.533. The normalized spacial score (nSPS) is 36.5. The van der Waals surface area contributed by atoms with E-state index in [1.807, 2.05) is 13.8 Å². The van der Waals surface area contributed by atoms with Gasteiger partial charge in [-0.2, -0.15) is 0 Å². The van der Waals surface area contributed by atoms with Crippen LogP contribution in [-0.2, 0) is 9.53 Å². The number of rotatable bonds is 5. The van der Waals surface area contributed by atoms with Crippen molar-refractivity contribution in [3.63, 3.8) is 0 Å². The first-order valence-electron chi connectivity index (χ1n) is 8.70. The summed E-state index contributed by atoms with van der Waals surface area (Å²) in [5.74, 6) is 1.57. The number of ether oxygens (including phenoxy) is 1. The molecule has 0 aromatic carbocycles. The Morgan fingerprint density at radius 3 is 2.33 bits per heavy atom. The molecule has 5 aliphatic rings. The Bertz CT molecular complexity index is 474. The van der Waals surface area contributed by atoms with Crippen LogP contribution in [0.5, 0.6) is 0 Å². The van der Waals surface area contributed by atoms with Crippen LogP contribution < -0.4 is 0 Å². The maximum Gasteiger partial charge on any atom is 0.312 e. The predicted molar refractivity (Wildman–Crippen MR) is 84.8 cm³/mol. The molecule has 2 nitrogen and oxygen atoms in total. The van der Waals surface area contributed by atoms with Gasteiger partial charge in [0.05, 0.1) is 5.41 Å². The van der Waals surface area contributed by atoms with Crippen LogP contribution in [0.15, 0.2) is 11.6 Å². The Morgan fingerprint density at radius 2 is 1.86 bits per heavy atom. The summed E-state index contributed by atoms with van der Waals surface area (Å²) in [7, 11) is 0. The lowest BCUT2D eigenvalue weighted by Gasteiger charge is -2.63. The first-order valence-corrected chi connectivity index (χ1v) is 8.70. The molecule has 5 rings (SSSR count). The van der Waals surface area contributed by atoms with Crippen LogP contribution in [0.4, 0.5) is 0 Å². The first kappa shape index (κ1) is 15.1. The van der Waals surface area contributed by atoms with Gasteiger partial charge in [0.15, 0.2) is 0 Å². The molecule has 0 aliphatic heterocycles. The lowest BCUT2D eigenvalue weighted by molar-refractivity contribution is -0.198. The number of carbonyl (C=O) groups excluding carboxylic acids is 1. The van der Waals surface area contributed by atoms with Crippen LogP contribution in [-0.4, -0.2) is 11.6 Å². The second kappa shape index (κ2) is 4.60. The van der Waals surface area contributed by atoms with E-state index < -0.39 is 0 Å². The van der Waals surface area contributed by atoms with Crippen LogP contribution in [0.25, 0.3) is 0 Å². The second-order valence-electron chi connectivity index (χ2n) is 8.44. The standard InChI is InChI=1S/C19H30O2/c1-6-17(3,4)16(20)21-18(5,7-2)19-9-8-15-13(11-19)10-14(15)12-19/h8,13-14H,6-7,9-12H2,1-5H3. The van der Waals surface area contributed by atoms with E-state index in [0.29, 0.717) is 0 Å². The lowest BCUT2D eigenvalue weighted by Crippen LogP contribution is -2.59. The highest BCUT2D eigenvalue weighted by molar-refractivity contribution is 5.76. The molecule has 0 aromatic rings. The van der Waals surface area contributed by atoms with Crippen molar-refractivity contribution in [2.45, 2.75) is 78.7 Å². The lowest BCUT2D eigenvalue weighted by atomic mass is 9.44. The average Bonchev–Trinajstić information content (AvgIpc) is 2.47. The van der Waals surface area contributed by atoms with Gasteiger partial charge < -0.3 is 4.74 Å². The summed E-state index contributed by atoms with van der Waals surface area (Å²) in [4.78, 5) is 12.6. The van der Waals surface area contributed by atoms with E-state index in [1.54, 1.807) is 5.57 Å². The van der Waals surface area contributed by atoms with Gasteiger partial charge in [-0.3, -0.25) is 4.79 Å². The van der Waals surface area contributed by atoms with Crippen molar-refractivity contribution >= 4 is 5.97 Å². The number of allylic oxidation sites excluding steroid dienone is 2. The summed E-state index contributed by atoms with van der Waals surface area (Å²) in [5.41, 5.74) is 1.22. The van der Waals surface area contributed by atoms with Crippen molar-refractivity contribution in [2.75, 3.05) is 0 Å². The van der Waals surface area contributed by atoms with Crippen molar-refractivity contribution in [1.29, 1.82) is 0 Å². The Labute approximate surface area is 129 Å². The maximum absolute atomic E-state index is 12.6. The van der Waals surface area contributed by atoms with Crippen molar-refractivity contribution < 1.29 is 9.53 Å². The molecule has 0 N–H and O–H groups in total. The van der Waals surface area contributed by atoms with Crippen LogP contribution >= 0.6 is 0 Å². The van der Waals surface area contributed by atoms with Crippen molar-refractivity contribution in [2.24, 2.45) is 22.7 Å². The van der Waals surface area contributed by atoms with E-state index in [-0.39, 0.29) is 22.4 Å². The molecule has 0 amide bonds. The van der Waals surface area contributed by atoms with Crippen LogP contribution in [0, 0.1) is 22.7 Å². The van der Waals surface area contributed by atoms with Crippen LogP contribution in [0.2, 0.25) is 0 Å². The van der Waals surface area contributed by atoms with E-state index >= 15 is 0 Å². The number of hydrogen-bond acceptors (Lipinski definition) is 2. The highest BCUT2D eigenvalue weighted by Gasteiger charge is 2.61. The topological polar surface area (TPSA) is 26.3 Å². The van der Waals surface area contributed by atoms with Gasteiger partial charge in [0.2, 0.25) is 0 Å². The maximum atomic E-state index is 12.6. The SMILES string of the molecule is CCC(C)(C)C(=O)OC(C)(CC)C12CC=C3C(CC3C1)C2. The number of carbonyl (C=O) groups is 1. The summed E-state index contributed by atoms with van der Waals surface area (Å²) in [6, 6.07) is 0. The molecular weight excluding hydrogens is 260 g/mol. The third-order valence-corrected chi connectivity index (χ3v) is 7.07. The largest absolute Gasteiger partial charge is 0.458 e. The Morgan fingerprint density at radius 1 is 1.24 bits per heavy atom. The molecular formula is C19H30O2. The van der Waals surface area contributed by atoms with E-state index in [2.05, 4.69) is 26.8 Å². The van der Waals surface area contributed by atoms with E-state index in [0.717, 1.165) is 31.1 Å². The van der Waals surface area contributed by atoms with Crippen molar-refractivity contribution in [1.82, 2.24) is 0 Å². The molecule has 3 saturated carbocycles. The number of esters is 1. The molecule has 118 valence electrons. The summed E-state index contributed by atoms with van der Waals surface area (Å²) in [5, 5.41) is 0. The molecule has 0 spiro atoms. The third kappa shape index (κ3) is 2.01. The number of hydrogen-bond donors (Lipinski definition) is 0. The molecule has 0 radical (unpaired) electrons. The molecule has 0 aromatic heterocycles. The summed E-state index contributed by atoms with van der Waals surface area (Å²) in [6.07, 6.45) is 9.17. The Balaban J connectivity index is 1.84. The zero-order chi connectivity index (χ0) is 15.5. The van der Waals surface area contributed by atoms with Gasteiger partial charge in [0.25, 0.3) is 0 Å². The zero-order valence-electron chi connectivity index (χ0n) is 14.3. The van der Waals surface area contributed by atoms with Crippen LogP contribution in [0.1, 0.15) is 73.1 Å². The van der Waals surface area contributed by atoms with Crippen molar-refractivity contribution in [3.05, 3.63) is 11.6 Å². The van der Waals surface area contributed by atoms with E-state index in [9.17, 15) is 4.79 Å². The molecule has 3 fully saturated rings. The molecule has 3 atom stereocenters. The van der Waals surface area contributed by atoms with Crippen molar-refractivity contribution in [3.8, 4) is 0 Å². The molecule has 21 heavy (non-hydrogen) atoms. The number of fused-ring (bicyclic) bond motifs is 1. The monoisotopic (exact) mass is 290 g/mol. The minimum Gasteiger partial charge on any atom is -0.458 e. The Hall–Kier alpha value is -0.790. The van der Waals surface area contributed by atoms with E-state index in [1.165, 1.54) is 19.3 Å². The molecule has 0 saturated heterocycles. The highest BCUT2D eigenvalue weighted by atomic mass is 16.6. The molecule has 2 heteroatoms. The zero-order valence-corrected chi connectivity index (χ0v) is 14.3. The molecule has 4 bridgehead atoms. The Kier molecular flexibility index (Phi) is 3.31. The van der Waals surface area contributed by atoms with Gasteiger partial charge >= 0.3 is 5.97 Å². The average molecular weight is 290 g/mol. The fourth-order valence-electron chi connectivity index (χ4n) is 4.72. The fourth-order valence-corrected chi connectivity index (χ4v) is 4.72. The smallest absolute Gasteiger partial charge is 0.312 e.